The van der Waals surface area contributed by atoms with E-state index >= 15 is 0 Å². The molecule has 1 N–H and O–H groups in total. The van der Waals surface area contributed by atoms with Crippen molar-refractivity contribution in [2.24, 2.45) is 5.92 Å². The van der Waals surface area contributed by atoms with Crippen LogP contribution in [0.1, 0.15) is 64.0 Å². The van der Waals surface area contributed by atoms with Gasteiger partial charge in [-0.2, -0.15) is 0 Å². The number of hydrogen-bond donors (Lipinski definition) is 1. The number of nitrogens with zero attached hydrogens (tertiary/aromatic N) is 1. The molecular weight excluding hydrogens is 250 g/mol. The van der Waals surface area contributed by atoms with Crippen molar-refractivity contribution in [3.63, 3.8) is 0 Å². The normalized spacial score (nSPS) is 26.7. The summed E-state index contributed by atoms with van der Waals surface area (Å²) in [5, 5.41) is 10.1. The van der Waals surface area contributed by atoms with Crippen LogP contribution in [0, 0.1) is 5.92 Å². The molecule has 3 heteroatoms. The van der Waals surface area contributed by atoms with Gasteiger partial charge in [-0.05, 0) is 43.2 Å². The lowest BCUT2D eigenvalue weighted by Gasteiger charge is -2.24. The van der Waals surface area contributed by atoms with E-state index in [0.29, 0.717) is 6.10 Å². The first kappa shape index (κ1) is 14.2. The molecule has 1 spiro atoms. The van der Waals surface area contributed by atoms with Gasteiger partial charge in [0, 0.05) is 18.9 Å². The van der Waals surface area contributed by atoms with Gasteiger partial charge in [-0.1, -0.05) is 26.7 Å². The quantitative estimate of drug-likeness (QED) is 0.911. The van der Waals surface area contributed by atoms with Crippen LogP contribution in [0.3, 0.4) is 0 Å². The van der Waals surface area contributed by atoms with Crippen molar-refractivity contribution in [1.29, 1.82) is 0 Å². The Bertz CT molecular complexity index is 446. The molecule has 112 valence electrons. The van der Waals surface area contributed by atoms with E-state index in [1.54, 1.807) is 0 Å². The molecule has 1 aromatic heterocycles. The molecule has 2 heterocycles. The lowest BCUT2D eigenvalue weighted by molar-refractivity contribution is -0.0418. The van der Waals surface area contributed by atoms with Crippen molar-refractivity contribution >= 4 is 0 Å². The highest BCUT2D eigenvalue weighted by Crippen LogP contribution is 2.43. The maximum atomic E-state index is 10.1. The Kier molecular flexibility index (Phi) is 3.91. The summed E-state index contributed by atoms with van der Waals surface area (Å²) in [7, 11) is 0. The molecule has 0 amide bonds. The highest BCUT2D eigenvalue weighted by Gasteiger charge is 2.42. The van der Waals surface area contributed by atoms with E-state index in [4.69, 9.17) is 4.74 Å². The molecule has 2 fully saturated rings. The Morgan fingerprint density at radius 1 is 1.35 bits per heavy atom. The molecule has 1 aliphatic carbocycles. The van der Waals surface area contributed by atoms with Gasteiger partial charge < -0.3 is 14.4 Å². The van der Waals surface area contributed by atoms with Crippen molar-refractivity contribution < 1.29 is 9.84 Å². The Hall–Kier alpha value is -0.800. The second kappa shape index (κ2) is 5.53. The van der Waals surface area contributed by atoms with Gasteiger partial charge in [0.1, 0.15) is 0 Å². The molecular formula is C17H27NO2. The van der Waals surface area contributed by atoms with E-state index in [0.717, 1.165) is 12.1 Å². The minimum absolute atomic E-state index is 0.220. The fraction of sp³-hybridized carbons (Fsp3) is 0.765. The zero-order valence-corrected chi connectivity index (χ0v) is 12.7. The summed E-state index contributed by atoms with van der Waals surface area (Å²) < 4.78 is 8.53. The third kappa shape index (κ3) is 2.79. The maximum Gasteiger partial charge on any atom is 0.0827 e. The van der Waals surface area contributed by atoms with Crippen LogP contribution in [0.5, 0.6) is 0 Å². The molecule has 2 aliphatic rings. The molecule has 3 nitrogen and oxygen atoms in total. The zero-order valence-electron chi connectivity index (χ0n) is 12.7. The van der Waals surface area contributed by atoms with Crippen LogP contribution in [0.2, 0.25) is 0 Å². The zero-order chi connectivity index (χ0) is 14.2. The van der Waals surface area contributed by atoms with Crippen molar-refractivity contribution in [2.45, 2.75) is 76.7 Å². The highest BCUT2D eigenvalue weighted by atomic mass is 16.5. The SMILES string of the molecule is CC(C)C(O)c1ccn(CC2CCC3(CCCC3)O2)c1. The van der Waals surface area contributed by atoms with E-state index < -0.39 is 0 Å². The molecule has 0 radical (unpaired) electrons. The molecule has 0 aromatic carbocycles. The first-order valence-electron chi connectivity index (χ1n) is 8.10. The van der Waals surface area contributed by atoms with Gasteiger partial charge >= 0.3 is 0 Å². The van der Waals surface area contributed by atoms with Gasteiger partial charge in [-0.25, -0.2) is 0 Å². The summed E-state index contributed by atoms with van der Waals surface area (Å²) in [5.41, 5.74) is 1.24. The largest absolute Gasteiger partial charge is 0.388 e. The second-order valence-corrected chi connectivity index (χ2v) is 7.00. The smallest absolute Gasteiger partial charge is 0.0827 e. The third-order valence-corrected chi connectivity index (χ3v) is 5.01. The summed E-state index contributed by atoms with van der Waals surface area (Å²) >= 11 is 0. The topological polar surface area (TPSA) is 34.4 Å². The van der Waals surface area contributed by atoms with Crippen LogP contribution in [-0.4, -0.2) is 21.4 Å². The van der Waals surface area contributed by atoms with E-state index in [-0.39, 0.29) is 17.6 Å². The fourth-order valence-corrected chi connectivity index (χ4v) is 3.78. The van der Waals surface area contributed by atoms with Gasteiger partial charge in [0.2, 0.25) is 0 Å². The van der Waals surface area contributed by atoms with Gasteiger partial charge in [0.15, 0.2) is 0 Å². The van der Waals surface area contributed by atoms with Crippen LogP contribution in [0.4, 0.5) is 0 Å². The van der Waals surface area contributed by atoms with Crippen LogP contribution in [-0.2, 0) is 11.3 Å². The molecule has 1 saturated heterocycles. The monoisotopic (exact) mass is 277 g/mol. The molecule has 0 bridgehead atoms. The first-order valence-corrected chi connectivity index (χ1v) is 8.10. The van der Waals surface area contributed by atoms with E-state index in [2.05, 4.69) is 17.0 Å². The lowest BCUT2D eigenvalue weighted by Crippen LogP contribution is -2.26. The second-order valence-electron chi connectivity index (χ2n) is 7.00. The minimum atomic E-state index is -0.359. The summed E-state index contributed by atoms with van der Waals surface area (Å²) in [5.74, 6) is 0.260. The fourth-order valence-electron chi connectivity index (χ4n) is 3.78. The number of ether oxygens (including phenoxy) is 1. The molecule has 2 unspecified atom stereocenters. The number of hydrogen-bond acceptors (Lipinski definition) is 2. The molecule has 1 saturated carbocycles. The van der Waals surface area contributed by atoms with Crippen molar-refractivity contribution in [3.8, 4) is 0 Å². The van der Waals surface area contributed by atoms with Gasteiger partial charge in [0.05, 0.1) is 17.8 Å². The Morgan fingerprint density at radius 3 is 2.80 bits per heavy atom. The van der Waals surface area contributed by atoms with E-state index in [9.17, 15) is 5.11 Å². The average molecular weight is 277 g/mol. The van der Waals surface area contributed by atoms with Gasteiger partial charge in [-0.15, -0.1) is 0 Å². The van der Waals surface area contributed by atoms with Crippen LogP contribution in [0.25, 0.3) is 0 Å². The Balaban J connectivity index is 1.59. The van der Waals surface area contributed by atoms with Crippen LogP contribution < -0.4 is 0 Å². The minimum Gasteiger partial charge on any atom is -0.388 e. The Morgan fingerprint density at radius 2 is 2.10 bits per heavy atom. The maximum absolute atomic E-state index is 10.1. The molecule has 2 atom stereocenters. The van der Waals surface area contributed by atoms with Gasteiger partial charge in [-0.3, -0.25) is 0 Å². The lowest BCUT2D eigenvalue weighted by atomic mass is 9.98. The van der Waals surface area contributed by atoms with Crippen molar-refractivity contribution in [1.82, 2.24) is 4.57 Å². The van der Waals surface area contributed by atoms with Crippen molar-refractivity contribution in [2.75, 3.05) is 0 Å². The number of aromatic nitrogens is 1. The van der Waals surface area contributed by atoms with Crippen LogP contribution in [0.15, 0.2) is 18.5 Å². The molecule has 20 heavy (non-hydrogen) atoms. The standard InChI is InChI=1S/C17H27NO2/c1-13(2)16(19)14-6-10-18(11-14)12-15-5-9-17(20-15)7-3-4-8-17/h6,10-11,13,15-16,19H,3-5,7-9,12H2,1-2H3. The summed E-state index contributed by atoms with van der Waals surface area (Å²) in [6, 6.07) is 2.03. The van der Waals surface area contributed by atoms with Gasteiger partial charge in [0.25, 0.3) is 0 Å². The predicted molar refractivity (Wildman–Crippen MR) is 79.5 cm³/mol. The summed E-state index contributed by atoms with van der Waals surface area (Å²) in [4.78, 5) is 0. The molecule has 1 aromatic rings. The first-order chi connectivity index (χ1) is 9.58. The van der Waals surface area contributed by atoms with E-state index in [1.165, 1.54) is 38.5 Å². The number of aliphatic hydroxyl groups is 1. The summed E-state index contributed by atoms with van der Waals surface area (Å²) in [6.07, 6.45) is 11.7. The molecule has 1 aliphatic heterocycles. The average Bonchev–Trinajstić information content (AvgIpc) is 3.13. The number of rotatable bonds is 4. The van der Waals surface area contributed by atoms with Crippen LogP contribution >= 0.6 is 0 Å². The van der Waals surface area contributed by atoms with E-state index in [1.807, 2.05) is 19.9 Å². The Labute approximate surface area is 121 Å². The highest BCUT2D eigenvalue weighted by molar-refractivity contribution is 5.14. The summed E-state index contributed by atoms with van der Waals surface area (Å²) in [6.45, 7) is 5.02. The third-order valence-electron chi connectivity index (χ3n) is 5.01. The molecule has 3 rings (SSSR count). The predicted octanol–water partition coefficient (Wildman–Crippen LogP) is 3.67. The van der Waals surface area contributed by atoms with Crippen molar-refractivity contribution in [3.05, 3.63) is 24.0 Å². The number of aliphatic hydroxyl groups excluding tert-OH is 1.